The van der Waals surface area contributed by atoms with Gasteiger partial charge in [-0.1, -0.05) is 18.2 Å². The van der Waals surface area contributed by atoms with Crippen LogP contribution in [0.3, 0.4) is 0 Å². The van der Waals surface area contributed by atoms with Crippen molar-refractivity contribution in [2.75, 3.05) is 0 Å². The Morgan fingerprint density at radius 2 is 1.80 bits per heavy atom. The zero-order chi connectivity index (χ0) is 6.10. The SMILES string of the molecule is [SeH2].c1ccc2occc2c1. The van der Waals surface area contributed by atoms with Gasteiger partial charge in [-0.2, -0.15) is 0 Å². The van der Waals surface area contributed by atoms with E-state index in [2.05, 4.69) is 0 Å². The molecule has 0 spiro atoms. The molecule has 1 nitrogen and oxygen atoms in total. The number of fused-ring (bicyclic) bond motifs is 1. The average molecular weight is 199 g/mol. The van der Waals surface area contributed by atoms with E-state index in [1.54, 1.807) is 6.26 Å². The summed E-state index contributed by atoms with van der Waals surface area (Å²) in [4.78, 5) is 0. The van der Waals surface area contributed by atoms with Gasteiger partial charge in [-0.3, -0.25) is 0 Å². The summed E-state index contributed by atoms with van der Waals surface area (Å²) < 4.78 is 5.12. The third-order valence-electron chi connectivity index (χ3n) is 1.36. The van der Waals surface area contributed by atoms with Crippen molar-refractivity contribution in [3.63, 3.8) is 0 Å². The fourth-order valence-electron chi connectivity index (χ4n) is 0.906. The summed E-state index contributed by atoms with van der Waals surface area (Å²) in [6, 6.07) is 9.90. The van der Waals surface area contributed by atoms with Crippen LogP contribution in [0.5, 0.6) is 0 Å². The van der Waals surface area contributed by atoms with Crippen LogP contribution >= 0.6 is 0 Å². The molecule has 0 amide bonds. The van der Waals surface area contributed by atoms with Crippen LogP contribution in [0.15, 0.2) is 41.0 Å². The van der Waals surface area contributed by atoms with Crippen LogP contribution in [0, 0.1) is 0 Å². The molecule has 0 aliphatic heterocycles. The Kier molecular flexibility index (Phi) is 2.15. The first-order valence-electron chi connectivity index (χ1n) is 2.89. The molecule has 0 saturated carbocycles. The van der Waals surface area contributed by atoms with E-state index in [-0.39, 0.29) is 17.1 Å². The summed E-state index contributed by atoms with van der Waals surface area (Å²) in [5.41, 5.74) is 0.956. The maximum Gasteiger partial charge on any atom is 0.133 e. The molecule has 0 N–H and O–H groups in total. The van der Waals surface area contributed by atoms with Crippen molar-refractivity contribution in [3.8, 4) is 0 Å². The fraction of sp³-hybridized carbons (Fsp3) is 0. The van der Waals surface area contributed by atoms with Crippen LogP contribution in [-0.4, -0.2) is 17.1 Å². The van der Waals surface area contributed by atoms with Crippen molar-refractivity contribution in [3.05, 3.63) is 36.6 Å². The number of para-hydroxylation sites is 1. The summed E-state index contributed by atoms with van der Waals surface area (Å²) in [6.45, 7) is 0. The Hall–Kier alpha value is -0.721. The Morgan fingerprint density at radius 1 is 1.00 bits per heavy atom. The Morgan fingerprint density at radius 3 is 2.60 bits per heavy atom. The molecule has 1 aromatic heterocycles. The molecule has 0 radical (unpaired) electrons. The molecule has 0 fully saturated rings. The molecule has 0 atom stereocenters. The van der Waals surface area contributed by atoms with E-state index in [0.29, 0.717) is 0 Å². The molecule has 1 aromatic carbocycles. The van der Waals surface area contributed by atoms with Gasteiger partial charge in [0.1, 0.15) is 5.58 Å². The van der Waals surface area contributed by atoms with Crippen molar-refractivity contribution >= 4 is 28.0 Å². The first-order valence-corrected chi connectivity index (χ1v) is 2.89. The second-order valence-corrected chi connectivity index (χ2v) is 1.96. The summed E-state index contributed by atoms with van der Waals surface area (Å²) in [5.74, 6) is 0. The minimum Gasteiger partial charge on any atom is -0.464 e. The maximum absolute atomic E-state index is 5.12. The standard InChI is InChI=1S/C8H6O.H2Se/c1-2-4-8-7(3-1)5-6-9-8;/h1-6H;1H2. The molecule has 0 unspecified atom stereocenters. The second-order valence-electron chi connectivity index (χ2n) is 1.96. The van der Waals surface area contributed by atoms with E-state index in [1.165, 1.54) is 0 Å². The van der Waals surface area contributed by atoms with Gasteiger partial charge in [0.25, 0.3) is 0 Å². The van der Waals surface area contributed by atoms with Crippen molar-refractivity contribution in [1.82, 2.24) is 0 Å². The predicted molar refractivity (Wildman–Crippen MR) is 44.8 cm³/mol. The van der Waals surface area contributed by atoms with E-state index in [9.17, 15) is 0 Å². The van der Waals surface area contributed by atoms with E-state index < -0.39 is 0 Å². The molecular formula is C8H8OSe. The summed E-state index contributed by atoms with van der Waals surface area (Å²) in [5, 5.41) is 1.16. The van der Waals surface area contributed by atoms with E-state index in [1.807, 2.05) is 30.3 Å². The van der Waals surface area contributed by atoms with Gasteiger partial charge in [-0.05, 0) is 12.1 Å². The monoisotopic (exact) mass is 200 g/mol. The normalized spacial score (nSPS) is 9.20. The van der Waals surface area contributed by atoms with Crippen molar-refractivity contribution in [2.24, 2.45) is 0 Å². The number of furan rings is 1. The topological polar surface area (TPSA) is 13.1 Å². The van der Waals surface area contributed by atoms with Gasteiger partial charge in [0.05, 0.1) is 6.26 Å². The fourth-order valence-corrected chi connectivity index (χ4v) is 0.906. The number of benzene rings is 1. The molecule has 52 valence electrons. The predicted octanol–water partition coefficient (Wildman–Crippen LogP) is 1.52. The summed E-state index contributed by atoms with van der Waals surface area (Å²) >= 11 is 0. The van der Waals surface area contributed by atoms with E-state index in [4.69, 9.17) is 4.42 Å². The van der Waals surface area contributed by atoms with Gasteiger partial charge < -0.3 is 4.42 Å². The first-order chi connectivity index (χ1) is 4.47. The number of hydrogen-bond acceptors (Lipinski definition) is 1. The largest absolute Gasteiger partial charge is 0.464 e. The third-order valence-corrected chi connectivity index (χ3v) is 1.36. The summed E-state index contributed by atoms with van der Waals surface area (Å²) in [6.07, 6.45) is 1.70. The minimum absolute atomic E-state index is 0. The molecule has 0 saturated heterocycles. The molecule has 0 aliphatic carbocycles. The molecule has 2 aromatic rings. The molecule has 2 heteroatoms. The van der Waals surface area contributed by atoms with E-state index >= 15 is 0 Å². The van der Waals surface area contributed by atoms with Crippen molar-refractivity contribution < 1.29 is 4.42 Å². The quantitative estimate of drug-likeness (QED) is 0.586. The van der Waals surface area contributed by atoms with Gasteiger partial charge in [-0.15, -0.1) is 0 Å². The minimum atomic E-state index is 0. The Bertz CT molecular complexity index is 283. The van der Waals surface area contributed by atoms with Gasteiger partial charge in [0, 0.05) is 5.39 Å². The smallest absolute Gasteiger partial charge is 0.133 e. The van der Waals surface area contributed by atoms with Crippen LogP contribution in [0.2, 0.25) is 0 Å². The first kappa shape index (κ1) is 7.39. The molecule has 0 aliphatic rings. The van der Waals surface area contributed by atoms with Crippen LogP contribution in [0.4, 0.5) is 0 Å². The number of hydrogen-bond donors (Lipinski definition) is 0. The van der Waals surface area contributed by atoms with Gasteiger partial charge in [-0.25, -0.2) is 0 Å². The van der Waals surface area contributed by atoms with Crippen molar-refractivity contribution in [1.29, 1.82) is 0 Å². The number of rotatable bonds is 0. The zero-order valence-electron chi connectivity index (χ0n) is 5.37. The third kappa shape index (κ3) is 1.08. The van der Waals surface area contributed by atoms with Gasteiger partial charge in [0.15, 0.2) is 0 Å². The van der Waals surface area contributed by atoms with Crippen LogP contribution in [0.25, 0.3) is 11.0 Å². The molecular weight excluding hydrogens is 191 g/mol. The second kappa shape index (κ2) is 2.91. The molecule has 1 heterocycles. The Labute approximate surface area is 69.5 Å². The van der Waals surface area contributed by atoms with E-state index in [0.717, 1.165) is 11.0 Å². The van der Waals surface area contributed by atoms with Gasteiger partial charge in [0.2, 0.25) is 0 Å². The zero-order valence-corrected chi connectivity index (χ0v) is 7.47. The van der Waals surface area contributed by atoms with Crippen LogP contribution in [0.1, 0.15) is 0 Å². The average Bonchev–Trinajstić information content (AvgIpc) is 2.33. The van der Waals surface area contributed by atoms with Crippen molar-refractivity contribution in [2.45, 2.75) is 0 Å². The van der Waals surface area contributed by atoms with Crippen LogP contribution < -0.4 is 0 Å². The Balaban J connectivity index is 0.000000500. The molecule has 2 rings (SSSR count). The van der Waals surface area contributed by atoms with Gasteiger partial charge >= 0.3 is 17.1 Å². The maximum atomic E-state index is 5.12. The molecule has 0 bridgehead atoms. The summed E-state index contributed by atoms with van der Waals surface area (Å²) in [7, 11) is 0. The van der Waals surface area contributed by atoms with Crippen LogP contribution in [-0.2, 0) is 0 Å². The molecule has 10 heavy (non-hydrogen) atoms.